The van der Waals surface area contributed by atoms with Gasteiger partial charge in [-0.15, -0.1) is 0 Å². The quantitative estimate of drug-likeness (QED) is 0.689. The van der Waals surface area contributed by atoms with Gasteiger partial charge in [0.1, 0.15) is 0 Å². The van der Waals surface area contributed by atoms with Crippen LogP contribution in [0.5, 0.6) is 0 Å². The molecule has 2 aliphatic rings. The Hall–Kier alpha value is -0.0800. The molecule has 0 bridgehead atoms. The largest absolute Gasteiger partial charge is 0.315 e. The molecule has 1 heterocycles. The molecule has 0 spiro atoms. The summed E-state index contributed by atoms with van der Waals surface area (Å²) in [5, 5.41) is 7.08. The summed E-state index contributed by atoms with van der Waals surface area (Å²) in [6.07, 6.45) is 5.68. The number of hydrogen-bond acceptors (Lipinski definition) is 2. The maximum absolute atomic E-state index is 3.68. The predicted molar refractivity (Wildman–Crippen MR) is 55.8 cm³/mol. The zero-order chi connectivity index (χ0) is 9.10. The Morgan fingerprint density at radius 2 is 2.23 bits per heavy atom. The number of nitrogens with one attached hydrogen (secondary N) is 2. The molecule has 0 aromatic heterocycles. The summed E-state index contributed by atoms with van der Waals surface area (Å²) in [5.41, 5.74) is 0. The Kier molecular flexibility index (Phi) is 3.23. The first-order valence-electron chi connectivity index (χ1n) is 5.78. The van der Waals surface area contributed by atoms with E-state index >= 15 is 0 Å². The second-order valence-corrected chi connectivity index (χ2v) is 4.88. The van der Waals surface area contributed by atoms with E-state index in [1.807, 2.05) is 0 Å². The van der Waals surface area contributed by atoms with Crippen LogP contribution in [0.15, 0.2) is 0 Å². The van der Waals surface area contributed by atoms with Crippen LogP contribution in [-0.2, 0) is 0 Å². The first-order valence-corrected chi connectivity index (χ1v) is 5.78. The van der Waals surface area contributed by atoms with Crippen LogP contribution in [0.3, 0.4) is 0 Å². The third kappa shape index (κ3) is 2.68. The molecule has 2 nitrogen and oxygen atoms in total. The lowest BCUT2D eigenvalue weighted by Crippen LogP contribution is -2.34. The average Bonchev–Trinajstić information content (AvgIpc) is 2.71. The molecule has 0 aromatic rings. The van der Waals surface area contributed by atoms with E-state index in [1.165, 1.54) is 45.3 Å². The van der Waals surface area contributed by atoms with Crippen LogP contribution in [0.25, 0.3) is 0 Å². The Balaban J connectivity index is 1.62. The summed E-state index contributed by atoms with van der Waals surface area (Å²) in [5.74, 6) is 1.95. The molecule has 13 heavy (non-hydrogen) atoms. The lowest BCUT2D eigenvalue weighted by molar-refractivity contribution is 0.433. The summed E-state index contributed by atoms with van der Waals surface area (Å²) < 4.78 is 0. The zero-order valence-electron chi connectivity index (χ0n) is 8.68. The highest BCUT2D eigenvalue weighted by atomic mass is 15.0. The molecular formula is C11H22N2. The molecule has 1 saturated carbocycles. The van der Waals surface area contributed by atoms with Crippen LogP contribution in [0, 0.1) is 11.8 Å². The number of rotatable bonds is 3. The molecule has 0 amide bonds. The van der Waals surface area contributed by atoms with Gasteiger partial charge in [-0.2, -0.15) is 0 Å². The summed E-state index contributed by atoms with van der Waals surface area (Å²) in [7, 11) is 0. The smallest absolute Gasteiger partial charge is 0.0204 e. The van der Waals surface area contributed by atoms with E-state index in [4.69, 9.17) is 0 Å². The van der Waals surface area contributed by atoms with Crippen molar-refractivity contribution < 1.29 is 0 Å². The molecule has 2 N–H and O–H groups in total. The van der Waals surface area contributed by atoms with Gasteiger partial charge in [0.15, 0.2) is 0 Å². The van der Waals surface area contributed by atoms with Crippen molar-refractivity contribution in [1.82, 2.24) is 10.6 Å². The minimum absolute atomic E-state index is 0.760. The van der Waals surface area contributed by atoms with E-state index in [9.17, 15) is 0 Å². The van der Waals surface area contributed by atoms with Gasteiger partial charge in [-0.05, 0) is 44.2 Å². The van der Waals surface area contributed by atoms with E-state index in [1.54, 1.807) is 0 Å². The summed E-state index contributed by atoms with van der Waals surface area (Å²) in [6.45, 7) is 6.04. The van der Waals surface area contributed by atoms with Gasteiger partial charge in [0.05, 0.1) is 0 Å². The van der Waals surface area contributed by atoms with Gasteiger partial charge in [-0.25, -0.2) is 0 Å². The van der Waals surface area contributed by atoms with E-state index in [2.05, 4.69) is 17.6 Å². The lowest BCUT2D eigenvalue weighted by Gasteiger charge is -2.15. The number of hydrogen-bond donors (Lipinski definition) is 2. The van der Waals surface area contributed by atoms with E-state index in [-0.39, 0.29) is 0 Å². The van der Waals surface area contributed by atoms with E-state index in [0.29, 0.717) is 0 Å². The second kappa shape index (κ2) is 4.43. The maximum atomic E-state index is 3.68. The summed E-state index contributed by atoms with van der Waals surface area (Å²) in [6, 6.07) is 0.760. The highest BCUT2D eigenvalue weighted by Gasteiger charge is 2.22. The fourth-order valence-corrected chi connectivity index (χ4v) is 2.67. The molecule has 3 unspecified atom stereocenters. The Labute approximate surface area is 81.5 Å². The van der Waals surface area contributed by atoms with Crippen LogP contribution >= 0.6 is 0 Å². The van der Waals surface area contributed by atoms with Gasteiger partial charge in [-0.1, -0.05) is 13.3 Å². The Morgan fingerprint density at radius 3 is 2.85 bits per heavy atom. The van der Waals surface area contributed by atoms with Gasteiger partial charge < -0.3 is 10.6 Å². The first-order chi connectivity index (χ1) is 6.34. The van der Waals surface area contributed by atoms with E-state index < -0.39 is 0 Å². The molecule has 2 rings (SSSR count). The molecule has 0 radical (unpaired) electrons. The summed E-state index contributed by atoms with van der Waals surface area (Å²) >= 11 is 0. The minimum atomic E-state index is 0.760. The molecule has 2 heteroatoms. The fraction of sp³-hybridized carbons (Fsp3) is 1.00. The highest BCUT2D eigenvalue weighted by molar-refractivity contribution is 4.80. The standard InChI is InChI=1S/C11H22N2/c1-9-2-3-10(6-9)7-13-11-4-5-12-8-11/h9-13H,2-8H2,1H3. The predicted octanol–water partition coefficient (Wildman–Crippen LogP) is 1.37. The average molecular weight is 182 g/mol. The van der Waals surface area contributed by atoms with E-state index in [0.717, 1.165) is 17.9 Å². The monoisotopic (exact) mass is 182 g/mol. The van der Waals surface area contributed by atoms with Crippen LogP contribution in [0.1, 0.15) is 32.6 Å². The SMILES string of the molecule is CC1CCC(CNC2CCNC2)C1. The van der Waals surface area contributed by atoms with Crippen LogP contribution in [0.4, 0.5) is 0 Å². The van der Waals surface area contributed by atoms with Crippen molar-refractivity contribution >= 4 is 0 Å². The van der Waals surface area contributed by atoms with Gasteiger partial charge in [0.25, 0.3) is 0 Å². The minimum Gasteiger partial charge on any atom is -0.315 e. The molecule has 2 fully saturated rings. The molecule has 3 atom stereocenters. The molecule has 1 aliphatic carbocycles. The van der Waals surface area contributed by atoms with Crippen molar-refractivity contribution in [3.63, 3.8) is 0 Å². The van der Waals surface area contributed by atoms with Crippen molar-refractivity contribution in [3.05, 3.63) is 0 Å². The fourth-order valence-electron chi connectivity index (χ4n) is 2.67. The lowest BCUT2D eigenvalue weighted by atomic mass is 10.1. The Bertz CT molecular complexity index is 152. The van der Waals surface area contributed by atoms with Gasteiger partial charge in [0, 0.05) is 12.6 Å². The summed E-state index contributed by atoms with van der Waals surface area (Å²) in [4.78, 5) is 0. The topological polar surface area (TPSA) is 24.1 Å². The third-order valence-electron chi connectivity index (χ3n) is 3.56. The third-order valence-corrected chi connectivity index (χ3v) is 3.56. The van der Waals surface area contributed by atoms with Gasteiger partial charge in [0.2, 0.25) is 0 Å². The van der Waals surface area contributed by atoms with Crippen LogP contribution < -0.4 is 10.6 Å². The second-order valence-electron chi connectivity index (χ2n) is 4.88. The molecule has 0 aromatic carbocycles. The molecule has 1 saturated heterocycles. The van der Waals surface area contributed by atoms with Crippen molar-refractivity contribution in [1.29, 1.82) is 0 Å². The van der Waals surface area contributed by atoms with Crippen molar-refractivity contribution in [2.45, 2.75) is 38.6 Å². The first kappa shape index (κ1) is 9.47. The Morgan fingerprint density at radius 1 is 1.31 bits per heavy atom. The molecular weight excluding hydrogens is 160 g/mol. The van der Waals surface area contributed by atoms with Crippen molar-refractivity contribution in [2.24, 2.45) is 11.8 Å². The van der Waals surface area contributed by atoms with Crippen LogP contribution in [-0.4, -0.2) is 25.7 Å². The zero-order valence-corrected chi connectivity index (χ0v) is 8.68. The van der Waals surface area contributed by atoms with Crippen molar-refractivity contribution in [2.75, 3.05) is 19.6 Å². The van der Waals surface area contributed by atoms with Gasteiger partial charge >= 0.3 is 0 Å². The van der Waals surface area contributed by atoms with Crippen LogP contribution in [0.2, 0.25) is 0 Å². The van der Waals surface area contributed by atoms with Gasteiger partial charge in [-0.3, -0.25) is 0 Å². The maximum Gasteiger partial charge on any atom is 0.0204 e. The normalized spacial score (nSPS) is 39.9. The highest BCUT2D eigenvalue weighted by Crippen LogP contribution is 2.29. The molecule has 76 valence electrons. The molecule has 1 aliphatic heterocycles. The van der Waals surface area contributed by atoms with Crippen molar-refractivity contribution in [3.8, 4) is 0 Å².